The van der Waals surface area contributed by atoms with Crippen LogP contribution in [0.15, 0.2) is 45.7 Å². The molecule has 38 heteroatoms. The highest BCUT2D eigenvalue weighted by molar-refractivity contribution is 5.61. The minimum Gasteiger partial charge on any atom is -0.394 e. The first-order valence-corrected chi connectivity index (χ1v) is 26.6. The van der Waals surface area contributed by atoms with E-state index in [1.54, 1.807) is 46.9 Å². The molecule has 0 bridgehead atoms. The Kier molecular flexibility index (Phi) is 19.0. The van der Waals surface area contributed by atoms with Crippen molar-refractivity contribution in [1.82, 2.24) is 65.5 Å². The highest BCUT2D eigenvalue weighted by Gasteiger charge is 2.32. The van der Waals surface area contributed by atoms with Crippen LogP contribution < -0.4 is 119 Å². The van der Waals surface area contributed by atoms with Gasteiger partial charge in [-0.05, 0) is 18.8 Å². The molecule has 5 aliphatic rings. The average molecular weight is 1200 g/mol. The smallest absolute Gasteiger partial charge is 0.292 e. The average Bonchev–Trinajstić information content (AvgIpc) is 3.04. The minimum absolute atomic E-state index is 0.0333. The molecule has 0 spiro atoms. The number of aliphatic hydroxyl groups excluding tert-OH is 3. The molecule has 2 unspecified atom stereocenters. The molecule has 0 fully saturated rings. The number of aliphatic hydroxyl groups is 3. The van der Waals surface area contributed by atoms with Crippen LogP contribution in [0.5, 0.6) is 0 Å². The molecule has 0 radical (unpaired) electrons. The second kappa shape index (κ2) is 25.2. The maximum Gasteiger partial charge on any atom is 0.292 e. The Morgan fingerprint density at radius 3 is 1.21 bits per heavy atom. The van der Waals surface area contributed by atoms with Crippen LogP contribution in [0.25, 0.3) is 0 Å². The number of nitrogens with zero attached hydrogens (tertiary/aromatic N) is 14. The number of fused-ring (bicyclic) bond motifs is 5. The molecular weight excluding hydrogens is 1120 g/mol. The van der Waals surface area contributed by atoms with Gasteiger partial charge in [0, 0.05) is 58.8 Å². The van der Waals surface area contributed by atoms with E-state index >= 15 is 0 Å². The summed E-state index contributed by atoms with van der Waals surface area (Å²) in [4.78, 5) is 79.2. The maximum absolute atomic E-state index is 11.5. The van der Waals surface area contributed by atoms with Crippen LogP contribution in [0.4, 0.5) is 80.5 Å². The number of nitrogens with two attached hydrogens (primary N) is 14. The number of hydrogen-bond acceptors (Lipinski definition) is 24. The van der Waals surface area contributed by atoms with E-state index in [0.717, 1.165) is 45.6 Å². The van der Waals surface area contributed by atoms with E-state index in [1.807, 2.05) is 12.2 Å². The minimum atomic E-state index is -0.527. The number of nitrogen functional groups attached to an aromatic ring is 14. The maximum atomic E-state index is 11.5. The molecule has 7 aromatic rings. The lowest BCUT2D eigenvalue weighted by Gasteiger charge is -2.17. The zero-order valence-electron chi connectivity index (χ0n) is 48.2. The number of hydrogen-bond donors (Lipinski definition) is 17. The van der Waals surface area contributed by atoms with Gasteiger partial charge in [0.05, 0.1) is 58.6 Å². The van der Waals surface area contributed by atoms with Crippen molar-refractivity contribution in [3.05, 3.63) is 84.6 Å². The number of rotatable bonds is 4. The van der Waals surface area contributed by atoms with Gasteiger partial charge in [-0.15, -0.1) is 0 Å². The zero-order valence-corrected chi connectivity index (χ0v) is 48.2. The van der Waals surface area contributed by atoms with Crippen LogP contribution in [0, 0.1) is 11.3 Å². The molecule has 0 saturated carbocycles. The van der Waals surface area contributed by atoms with Crippen molar-refractivity contribution in [3.63, 3.8) is 0 Å². The van der Waals surface area contributed by atoms with Crippen molar-refractivity contribution in [3.8, 4) is 0 Å². The summed E-state index contributed by atoms with van der Waals surface area (Å²) >= 11 is 0. The van der Waals surface area contributed by atoms with Crippen LogP contribution in [0.2, 0.25) is 0 Å². The molecule has 0 aromatic carbocycles. The fourth-order valence-electron chi connectivity index (χ4n) is 10.00. The summed E-state index contributed by atoms with van der Waals surface area (Å²) in [5.41, 5.74) is 76.5. The summed E-state index contributed by atoms with van der Waals surface area (Å²) in [7, 11) is 3.16. The predicted molar refractivity (Wildman–Crippen MR) is 326 cm³/mol. The second-order valence-corrected chi connectivity index (χ2v) is 21.4. The fraction of sp³-hybridized carbons (Fsp3) is 0.511. The van der Waals surface area contributed by atoms with E-state index in [9.17, 15) is 38.7 Å². The highest BCUT2D eigenvalue weighted by atomic mass is 16.3. The molecule has 7 aromatic heterocycles. The van der Waals surface area contributed by atoms with Gasteiger partial charge in [-0.2, -0.15) is 0 Å². The molecule has 85 heavy (non-hydrogen) atoms. The lowest BCUT2D eigenvalue weighted by Crippen LogP contribution is -2.27. The topological polar surface area (TPSA) is 613 Å². The fourth-order valence-corrected chi connectivity index (χ4v) is 10.00. The molecule has 0 amide bonds. The number of aromatic nitrogens is 14. The summed E-state index contributed by atoms with van der Waals surface area (Å²) < 4.78 is 21.6. The molecule has 2 atom stereocenters. The zero-order chi connectivity index (χ0) is 63.6. The standard InChI is InChI=1S/C8H14N4O.2C7H12N4O.C7H10N4O.C6H10N4O2.2C6H12N4O2/c1-8(2)3-11-6(10)5(9)7(13)12(11)4-8;1-4-2-10-6(9)5(8)7(12)11(10)3-4;2*8-5-6(9)10-3-1-2-4-11(10)7(5)12;7-4-5(8)9-1-3(11)2-10(9)6(4)12;1-9-6(12)4(7)5(8)10(9)2-3-11;1-9-5(8)4(7)6(12)10(9)2-3-11/h3-4,9-10H2,1-2H3;4H,2-3,8-9H2,1H3;1-4,8-9H2;1-2H,3-4,8-9H2;3,11H,1-2,7-8H2;2*11H,2-3,7-8H2,1H3. The Labute approximate surface area is 482 Å². The van der Waals surface area contributed by atoms with Crippen molar-refractivity contribution in [1.29, 1.82) is 0 Å². The van der Waals surface area contributed by atoms with Crippen LogP contribution in [-0.2, 0) is 92.6 Å². The van der Waals surface area contributed by atoms with Gasteiger partial charge in [-0.3, -0.25) is 71.0 Å². The molecule has 0 aliphatic carbocycles. The summed E-state index contributed by atoms with van der Waals surface area (Å²) in [6.07, 6.45) is 5.44. The molecule has 12 rings (SSSR count). The number of allylic oxidation sites excluding steroid dienone is 2. The van der Waals surface area contributed by atoms with Crippen molar-refractivity contribution in [2.24, 2.45) is 25.4 Å². The van der Waals surface area contributed by atoms with Gasteiger partial charge >= 0.3 is 0 Å². The third kappa shape index (κ3) is 12.3. The molecule has 0 saturated heterocycles. The largest absolute Gasteiger partial charge is 0.394 e. The van der Waals surface area contributed by atoms with Gasteiger partial charge in [0.2, 0.25) is 0 Å². The van der Waals surface area contributed by atoms with E-state index in [-0.39, 0.29) is 134 Å². The lowest BCUT2D eigenvalue weighted by molar-refractivity contribution is 0.170. The first-order valence-electron chi connectivity index (χ1n) is 26.6. The van der Waals surface area contributed by atoms with Crippen LogP contribution >= 0.6 is 0 Å². The quantitative estimate of drug-likeness (QED) is 0.0728. The van der Waals surface area contributed by atoms with Crippen molar-refractivity contribution in [2.75, 3.05) is 93.5 Å². The van der Waals surface area contributed by atoms with Gasteiger partial charge in [-0.25, -0.2) is 28.1 Å². The summed E-state index contributed by atoms with van der Waals surface area (Å²) in [6.45, 7) is 12.9. The van der Waals surface area contributed by atoms with Crippen LogP contribution in [0.1, 0.15) is 33.6 Å². The molecule has 470 valence electrons. The lowest BCUT2D eigenvalue weighted by atomic mass is 9.95. The Morgan fingerprint density at radius 2 is 0.776 bits per heavy atom. The molecule has 5 aliphatic heterocycles. The van der Waals surface area contributed by atoms with Gasteiger partial charge in [0.15, 0.2) is 0 Å². The molecule has 38 nitrogen and oxygen atoms in total. The first-order chi connectivity index (χ1) is 39.8. The summed E-state index contributed by atoms with van der Waals surface area (Å²) in [5.74, 6) is 2.74. The van der Waals surface area contributed by atoms with Crippen molar-refractivity contribution in [2.45, 2.75) is 118 Å². The summed E-state index contributed by atoms with van der Waals surface area (Å²) in [5, 5.41) is 26.5. The van der Waals surface area contributed by atoms with E-state index in [4.69, 9.17) is 90.5 Å². The van der Waals surface area contributed by atoms with Gasteiger partial charge in [-0.1, -0.05) is 32.9 Å². The number of anilines is 14. The Balaban J connectivity index is 0.000000159. The SMILES string of the molecule is CC1(C)Cn2c(N)c(N)c(=O)n2C1.CC1Cn2c(N)c(N)c(=O)n2C1.Cn1c(=O)c(N)c(N)n1CCO.Cn1c(N)c(N)c(=O)n1CCO.Nc1c(N)n2n(c1=O)CC(O)C2.Nc1c(N)n2n(c1=O)CC=CC2.Nc1c(N)n2n(c1=O)CCCC2. The normalized spacial score (nSPS) is 16.2. The van der Waals surface area contributed by atoms with E-state index in [2.05, 4.69) is 20.8 Å². The van der Waals surface area contributed by atoms with Crippen molar-refractivity contribution < 1.29 is 15.3 Å². The van der Waals surface area contributed by atoms with Crippen LogP contribution in [0.3, 0.4) is 0 Å². The predicted octanol–water partition coefficient (Wildman–Crippen LogP) is -6.81. The van der Waals surface area contributed by atoms with E-state index in [1.165, 1.54) is 32.8 Å². The van der Waals surface area contributed by atoms with Crippen molar-refractivity contribution >= 4 is 80.5 Å². The highest BCUT2D eigenvalue weighted by Crippen LogP contribution is 2.30. The first kappa shape index (κ1) is 64.1. The molecule has 12 heterocycles. The summed E-state index contributed by atoms with van der Waals surface area (Å²) in [6, 6.07) is 0. The Morgan fingerprint density at radius 1 is 0.412 bits per heavy atom. The van der Waals surface area contributed by atoms with Crippen LogP contribution in [-0.4, -0.2) is 100 Å². The third-order valence-corrected chi connectivity index (χ3v) is 14.7. The van der Waals surface area contributed by atoms with Gasteiger partial charge in [0.25, 0.3) is 38.9 Å². The van der Waals surface area contributed by atoms with Gasteiger partial charge in [0.1, 0.15) is 80.5 Å². The Bertz CT molecular complexity index is 3920. The molecule has 31 N–H and O–H groups in total. The monoisotopic (exact) mass is 1200 g/mol. The Hall–Kier alpha value is -10.1. The second-order valence-electron chi connectivity index (χ2n) is 21.4. The van der Waals surface area contributed by atoms with E-state index < -0.39 is 6.10 Å². The third-order valence-electron chi connectivity index (χ3n) is 14.7. The van der Waals surface area contributed by atoms with E-state index in [0.29, 0.717) is 55.4 Å². The molecular formula is C47H82N28O10. The van der Waals surface area contributed by atoms with Gasteiger partial charge < -0.3 is 95.6 Å².